The van der Waals surface area contributed by atoms with Gasteiger partial charge in [0.1, 0.15) is 5.82 Å². The van der Waals surface area contributed by atoms with Gasteiger partial charge in [0, 0.05) is 18.3 Å². The summed E-state index contributed by atoms with van der Waals surface area (Å²) in [6.07, 6.45) is 5.32. The largest absolute Gasteiger partial charge is 0.345 e. The van der Waals surface area contributed by atoms with Crippen LogP contribution in [-0.2, 0) is 19.5 Å². The first-order valence-corrected chi connectivity index (χ1v) is 8.00. The summed E-state index contributed by atoms with van der Waals surface area (Å²) in [4.78, 5) is 12.3. The second-order valence-electron chi connectivity index (χ2n) is 5.31. The fourth-order valence-corrected chi connectivity index (χ4v) is 3.54. The monoisotopic (exact) mass is 315 g/mol. The topological polar surface area (TPSA) is 39.8 Å². The fourth-order valence-electron chi connectivity index (χ4n) is 2.57. The van der Waals surface area contributed by atoms with Crippen LogP contribution in [0.25, 0.3) is 0 Å². The Morgan fingerprint density at radius 1 is 1.33 bits per heavy atom. The Hall–Kier alpha value is -0.580. The van der Waals surface area contributed by atoms with Gasteiger partial charge in [0.25, 0.3) is 0 Å². The lowest BCUT2D eigenvalue weighted by Crippen LogP contribution is -2.34. The van der Waals surface area contributed by atoms with Crippen LogP contribution in [0.3, 0.4) is 0 Å². The highest BCUT2D eigenvalue weighted by Crippen LogP contribution is 2.30. The molecule has 0 atom stereocenters. The van der Waals surface area contributed by atoms with Gasteiger partial charge in [-0.1, -0.05) is 29.8 Å². The lowest BCUT2D eigenvalue weighted by molar-refractivity contribution is 0.243. The lowest BCUT2D eigenvalue weighted by Gasteiger charge is -2.28. The molecule has 4 nitrogen and oxygen atoms in total. The summed E-state index contributed by atoms with van der Waals surface area (Å²) in [5, 5.41) is 5.44. The van der Waals surface area contributed by atoms with Gasteiger partial charge in [-0.15, -0.1) is 0 Å². The van der Waals surface area contributed by atoms with E-state index in [9.17, 15) is 4.79 Å². The Labute approximate surface area is 117 Å². The van der Waals surface area contributed by atoms with Crippen molar-refractivity contribution >= 4 is 15.9 Å². The van der Waals surface area contributed by atoms with Crippen LogP contribution in [0.2, 0.25) is 0 Å². The molecule has 1 aromatic rings. The number of fused-ring (bicyclic) bond motifs is 1. The van der Waals surface area contributed by atoms with Crippen molar-refractivity contribution in [2.45, 2.75) is 59.0 Å². The van der Waals surface area contributed by atoms with Crippen molar-refractivity contribution in [3.63, 3.8) is 0 Å². The Balaban J connectivity index is 2.29. The van der Waals surface area contributed by atoms with E-state index in [-0.39, 0.29) is 11.1 Å². The van der Waals surface area contributed by atoms with E-state index in [4.69, 9.17) is 0 Å². The maximum Gasteiger partial charge on any atom is 0.345 e. The van der Waals surface area contributed by atoms with Gasteiger partial charge in [-0.05, 0) is 31.1 Å². The number of alkyl halides is 1. The third kappa shape index (κ3) is 2.42. The number of aromatic nitrogens is 3. The molecule has 0 unspecified atom stereocenters. The van der Waals surface area contributed by atoms with Crippen molar-refractivity contribution in [3.05, 3.63) is 16.3 Å². The summed E-state index contributed by atoms with van der Waals surface area (Å²) in [6, 6.07) is 0. The summed E-state index contributed by atoms with van der Waals surface area (Å²) >= 11 is 3.60. The average molecular weight is 316 g/mol. The zero-order chi connectivity index (χ0) is 13.2. The molecule has 5 heteroatoms. The summed E-state index contributed by atoms with van der Waals surface area (Å²) in [5.74, 6) is 0.974. The van der Waals surface area contributed by atoms with E-state index < -0.39 is 0 Å². The first-order valence-electron chi connectivity index (χ1n) is 6.88. The maximum atomic E-state index is 12.3. The van der Waals surface area contributed by atoms with Crippen LogP contribution in [-0.4, -0.2) is 19.7 Å². The Morgan fingerprint density at radius 3 is 2.61 bits per heavy atom. The van der Waals surface area contributed by atoms with Gasteiger partial charge in [0.2, 0.25) is 0 Å². The third-order valence-electron chi connectivity index (χ3n) is 4.30. The van der Waals surface area contributed by atoms with Crippen molar-refractivity contribution in [2.24, 2.45) is 5.41 Å². The molecule has 0 saturated carbocycles. The van der Waals surface area contributed by atoms with Crippen molar-refractivity contribution < 1.29 is 0 Å². The molecule has 0 amide bonds. The molecule has 0 spiro atoms. The van der Waals surface area contributed by atoms with Crippen LogP contribution in [0, 0.1) is 5.41 Å². The highest BCUT2D eigenvalue weighted by atomic mass is 79.9. The summed E-state index contributed by atoms with van der Waals surface area (Å²) in [7, 11) is 0. The lowest BCUT2D eigenvalue weighted by atomic mass is 9.85. The minimum atomic E-state index is 0.0805. The molecule has 0 aliphatic carbocycles. The molecule has 0 radical (unpaired) electrons. The molecule has 18 heavy (non-hydrogen) atoms. The zero-order valence-corrected chi connectivity index (χ0v) is 12.9. The van der Waals surface area contributed by atoms with Crippen LogP contribution in [0.15, 0.2) is 4.79 Å². The zero-order valence-electron chi connectivity index (χ0n) is 11.3. The van der Waals surface area contributed by atoms with E-state index in [0.29, 0.717) is 0 Å². The molecule has 0 N–H and O–H groups in total. The minimum Gasteiger partial charge on any atom is -0.279 e. The van der Waals surface area contributed by atoms with Crippen LogP contribution in [0.5, 0.6) is 0 Å². The minimum absolute atomic E-state index is 0.0805. The van der Waals surface area contributed by atoms with Gasteiger partial charge in [0.15, 0.2) is 0 Å². The molecule has 0 fully saturated rings. The second kappa shape index (κ2) is 5.59. The van der Waals surface area contributed by atoms with Gasteiger partial charge >= 0.3 is 5.69 Å². The maximum absolute atomic E-state index is 12.3. The molecule has 1 aliphatic heterocycles. The first-order chi connectivity index (χ1) is 8.65. The Kier molecular flexibility index (Phi) is 4.30. The third-order valence-corrected chi connectivity index (χ3v) is 5.49. The molecule has 1 aliphatic rings. The highest BCUT2D eigenvalue weighted by Gasteiger charge is 2.28. The molecule has 0 saturated heterocycles. The van der Waals surface area contributed by atoms with E-state index in [1.165, 1.54) is 0 Å². The van der Waals surface area contributed by atoms with E-state index in [1.807, 2.05) is 4.57 Å². The van der Waals surface area contributed by atoms with Crippen LogP contribution < -0.4 is 5.69 Å². The first kappa shape index (κ1) is 13.8. The molecule has 0 aromatic carbocycles. The van der Waals surface area contributed by atoms with Gasteiger partial charge in [-0.3, -0.25) is 4.57 Å². The standard InChI is InChI=1S/C13H22BrN3O/c1-3-13(4-2,9-14)10-17-12(18)16-8-6-5-7-11(16)15-17/h3-10H2,1-2H3. The fraction of sp³-hybridized carbons (Fsp3) is 0.846. The SMILES string of the molecule is CCC(CC)(CBr)Cn1nc2n(c1=O)CCCC2. The number of hydrogen-bond donors (Lipinski definition) is 0. The molecule has 1 aromatic heterocycles. The van der Waals surface area contributed by atoms with Gasteiger partial charge < -0.3 is 0 Å². The predicted molar refractivity (Wildman–Crippen MR) is 76.2 cm³/mol. The Bertz CT molecular complexity index is 451. The quantitative estimate of drug-likeness (QED) is 0.783. The van der Waals surface area contributed by atoms with E-state index in [0.717, 1.165) is 56.3 Å². The highest BCUT2D eigenvalue weighted by molar-refractivity contribution is 9.09. The number of halogens is 1. The predicted octanol–water partition coefficient (Wildman–Crippen LogP) is 2.58. The summed E-state index contributed by atoms with van der Waals surface area (Å²) in [5.41, 5.74) is 0.228. The normalized spacial score (nSPS) is 15.7. The molecular weight excluding hydrogens is 294 g/mol. The van der Waals surface area contributed by atoms with Crippen molar-refractivity contribution in [3.8, 4) is 0 Å². The number of nitrogens with zero attached hydrogens (tertiary/aromatic N) is 3. The average Bonchev–Trinajstić information content (AvgIpc) is 2.73. The summed E-state index contributed by atoms with van der Waals surface area (Å²) < 4.78 is 3.54. The van der Waals surface area contributed by atoms with Gasteiger partial charge in [0.05, 0.1) is 6.54 Å². The van der Waals surface area contributed by atoms with E-state index >= 15 is 0 Å². The molecule has 2 rings (SSSR count). The van der Waals surface area contributed by atoms with Crippen LogP contribution >= 0.6 is 15.9 Å². The molecular formula is C13H22BrN3O. The van der Waals surface area contributed by atoms with Crippen LogP contribution in [0.1, 0.15) is 45.4 Å². The smallest absolute Gasteiger partial charge is 0.279 e. The van der Waals surface area contributed by atoms with Crippen molar-refractivity contribution in [1.82, 2.24) is 14.3 Å². The number of aryl methyl sites for hydroxylation is 1. The van der Waals surface area contributed by atoms with E-state index in [1.54, 1.807) is 4.68 Å². The van der Waals surface area contributed by atoms with E-state index in [2.05, 4.69) is 34.9 Å². The molecule has 102 valence electrons. The van der Waals surface area contributed by atoms with Crippen LogP contribution in [0.4, 0.5) is 0 Å². The van der Waals surface area contributed by atoms with Crippen molar-refractivity contribution in [2.75, 3.05) is 5.33 Å². The molecule has 0 bridgehead atoms. The summed E-state index contributed by atoms with van der Waals surface area (Å²) in [6.45, 7) is 5.94. The Morgan fingerprint density at radius 2 is 2.06 bits per heavy atom. The van der Waals surface area contributed by atoms with Gasteiger partial charge in [-0.25, -0.2) is 9.48 Å². The second-order valence-corrected chi connectivity index (χ2v) is 5.87. The number of hydrogen-bond acceptors (Lipinski definition) is 2. The van der Waals surface area contributed by atoms with Crippen molar-refractivity contribution in [1.29, 1.82) is 0 Å². The molecule has 2 heterocycles. The number of rotatable bonds is 5. The van der Waals surface area contributed by atoms with Gasteiger partial charge in [-0.2, -0.15) is 5.10 Å².